The molecular formula is C13H21FN2. The summed E-state index contributed by atoms with van der Waals surface area (Å²) in [5, 5.41) is 3.12. The number of anilines is 1. The van der Waals surface area contributed by atoms with E-state index in [1.165, 1.54) is 6.07 Å². The first-order chi connectivity index (χ1) is 7.77. The van der Waals surface area contributed by atoms with Gasteiger partial charge >= 0.3 is 0 Å². The average molecular weight is 224 g/mol. The Morgan fingerprint density at radius 1 is 1.19 bits per heavy atom. The molecule has 0 aliphatic carbocycles. The highest BCUT2D eigenvalue weighted by molar-refractivity contribution is 5.44. The Labute approximate surface area is 97.5 Å². The van der Waals surface area contributed by atoms with E-state index >= 15 is 0 Å². The first-order valence-electron chi connectivity index (χ1n) is 5.98. The van der Waals surface area contributed by atoms with Crippen molar-refractivity contribution in [2.75, 3.05) is 31.5 Å². The van der Waals surface area contributed by atoms with Crippen molar-refractivity contribution in [3.8, 4) is 0 Å². The molecule has 0 saturated heterocycles. The van der Waals surface area contributed by atoms with Gasteiger partial charge in [-0.3, -0.25) is 0 Å². The van der Waals surface area contributed by atoms with E-state index in [0.29, 0.717) is 5.69 Å². The van der Waals surface area contributed by atoms with Crippen LogP contribution in [0.1, 0.15) is 20.3 Å². The first kappa shape index (κ1) is 13.0. The second-order valence-corrected chi connectivity index (χ2v) is 3.84. The normalized spacial score (nSPS) is 10.8. The van der Waals surface area contributed by atoms with Crippen molar-refractivity contribution in [1.82, 2.24) is 4.90 Å². The Kier molecular flexibility index (Phi) is 5.86. The third-order valence-corrected chi connectivity index (χ3v) is 2.60. The predicted octanol–water partition coefficient (Wildman–Crippen LogP) is 2.97. The average Bonchev–Trinajstić information content (AvgIpc) is 2.30. The minimum absolute atomic E-state index is 0.180. The fourth-order valence-corrected chi connectivity index (χ4v) is 1.70. The minimum atomic E-state index is -0.180. The van der Waals surface area contributed by atoms with E-state index in [1.54, 1.807) is 12.1 Å². The van der Waals surface area contributed by atoms with Gasteiger partial charge in [0, 0.05) is 13.1 Å². The van der Waals surface area contributed by atoms with Gasteiger partial charge < -0.3 is 10.2 Å². The van der Waals surface area contributed by atoms with Gasteiger partial charge in [0.1, 0.15) is 5.82 Å². The molecule has 1 N–H and O–H groups in total. The molecule has 0 radical (unpaired) electrons. The van der Waals surface area contributed by atoms with E-state index in [0.717, 1.165) is 32.6 Å². The highest BCUT2D eigenvalue weighted by Gasteiger charge is 2.02. The van der Waals surface area contributed by atoms with E-state index in [1.807, 2.05) is 6.07 Å². The Balaban J connectivity index is 2.32. The Hall–Kier alpha value is -1.09. The Morgan fingerprint density at radius 3 is 2.56 bits per heavy atom. The molecule has 3 heteroatoms. The van der Waals surface area contributed by atoms with E-state index in [-0.39, 0.29) is 5.82 Å². The lowest BCUT2D eigenvalue weighted by Crippen LogP contribution is -2.29. The van der Waals surface area contributed by atoms with Crippen molar-refractivity contribution < 1.29 is 4.39 Å². The van der Waals surface area contributed by atoms with Gasteiger partial charge in [0.25, 0.3) is 0 Å². The van der Waals surface area contributed by atoms with Crippen LogP contribution in [0.3, 0.4) is 0 Å². The number of nitrogens with zero attached hydrogens (tertiary/aromatic N) is 1. The molecule has 90 valence electrons. The lowest BCUT2D eigenvalue weighted by molar-refractivity contribution is 0.300. The van der Waals surface area contributed by atoms with Gasteiger partial charge in [-0.2, -0.15) is 0 Å². The molecule has 1 aromatic rings. The summed E-state index contributed by atoms with van der Waals surface area (Å²) < 4.78 is 13.3. The summed E-state index contributed by atoms with van der Waals surface area (Å²) >= 11 is 0. The van der Waals surface area contributed by atoms with Crippen molar-refractivity contribution in [2.24, 2.45) is 0 Å². The maximum absolute atomic E-state index is 13.3. The van der Waals surface area contributed by atoms with Gasteiger partial charge in [0.15, 0.2) is 0 Å². The number of hydrogen-bond donors (Lipinski definition) is 1. The van der Waals surface area contributed by atoms with Gasteiger partial charge in [0.05, 0.1) is 5.69 Å². The lowest BCUT2D eigenvalue weighted by atomic mass is 10.3. The second kappa shape index (κ2) is 7.23. The number of nitrogens with one attached hydrogen (secondary N) is 1. The maximum Gasteiger partial charge on any atom is 0.146 e. The van der Waals surface area contributed by atoms with Crippen molar-refractivity contribution in [3.05, 3.63) is 30.1 Å². The Morgan fingerprint density at radius 2 is 1.94 bits per heavy atom. The zero-order valence-electron chi connectivity index (χ0n) is 10.2. The highest BCUT2D eigenvalue weighted by Crippen LogP contribution is 2.11. The molecule has 0 heterocycles. The predicted molar refractivity (Wildman–Crippen MR) is 67.3 cm³/mol. The van der Waals surface area contributed by atoms with E-state index in [2.05, 4.69) is 24.1 Å². The summed E-state index contributed by atoms with van der Waals surface area (Å²) in [5.41, 5.74) is 0.593. The SMILES string of the molecule is CCCN(CC)CCNc1ccccc1F. The van der Waals surface area contributed by atoms with Crippen molar-refractivity contribution in [2.45, 2.75) is 20.3 Å². The molecule has 0 atom stereocenters. The van der Waals surface area contributed by atoms with Crippen LogP contribution in [0.2, 0.25) is 0 Å². The van der Waals surface area contributed by atoms with E-state index < -0.39 is 0 Å². The van der Waals surface area contributed by atoms with Gasteiger partial charge in [-0.05, 0) is 31.6 Å². The molecule has 0 aromatic heterocycles. The van der Waals surface area contributed by atoms with Crippen LogP contribution >= 0.6 is 0 Å². The number of benzene rings is 1. The maximum atomic E-state index is 13.3. The van der Waals surface area contributed by atoms with Crippen LogP contribution in [-0.4, -0.2) is 31.1 Å². The molecule has 0 saturated carbocycles. The smallest absolute Gasteiger partial charge is 0.146 e. The topological polar surface area (TPSA) is 15.3 Å². The van der Waals surface area contributed by atoms with Crippen LogP contribution in [0, 0.1) is 5.82 Å². The third kappa shape index (κ3) is 4.19. The molecule has 0 spiro atoms. The van der Waals surface area contributed by atoms with E-state index in [4.69, 9.17) is 0 Å². The quantitative estimate of drug-likeness (QED) is 0.766. The number of likely N-dealkylation sites (N-methyl/N-ethyl adjacent to an activating group) is 1. The number of para-hydroxylation sites is 1. The standard InChI is InChI=1S/C13H21FN2/c1-3-10-16(4-2)11-9-15-13-8-6-5-7-12(13)14/h5-8,15H,3-4,9-11H2,1-2H3. The number of rotatable bonds is 7. The van der Waals surface area contributed by atoms with Crippen molar-refractivity contribution in [1.29, 1.82) is 0 Å². The van der Waals surface area contributed by atoms with Crippen molar-refractivity contribution >= 4 is 5.69 Å². The number of hydrogen-bond acceptors (Lipinski definition) is 2. The van der Waals surface area contributed by atoms with Gasteiger partial charge in [-0.1, -0.05) is 26.0 Å². The van der Waals surface area contributed by atoms with Gasteiger partial charge in [-0.25, -0.2) is 4.39 Å². The van der Waals surface area contributed by atoms with Gasteiger partial charge in [0.2, 0.25) is 0 Å². The van der Waals surface area contributed by atoms with Crippen LogP contribution < -0.4 is 5.32 Å². The fourth-order valence-electron chi connectivity index (χ4n) is 1.70. The molecule has 1 rings (SSSR count). The third-order valence-electron chi connectivity index (χ3n) is 2.60. The molecule has 16 heavy (non-hydrogen) atoms. The molecular weight excluding hydrogens is 203 g/mol. The second-order valence-electron chi connectivity index (χ2n) is 3.84. The summed E-state index contributed by atoms with van der Waals surface area (Å²) in [6.07, 6.45) is 1.16. The molecule has 0 bridgehead atoms. The molecule has 0 fully saturated rings. The number of halogens is 1. The summed E-state index contributed by atoms with van der Waals surface area (Å²) in [5.74, 6) is -0.180. The summed E-state index contributed by atoms with van der Waals surface area (Å²) in [6.45, 7) is 8.22. The van der Waals surface area contributed by atoms with Crippen LogP contribution in [0.5, 0.6) is 0 Å². The lowest BCUT2D eigenvalue weighted by Gasteiger charge is -2.19. The fraction of sp³-hybridized carbons (Fsp3) is 0.538. The molecule has 2 nitrogen and oxygen atoms in total. The highest BCUT2D eigenvalue weighted by atomic mass is 19.1. The largest absolute Gasteiger partial charge is 0.381 e. The van der Waals surface area contributed by atoms with Crippen molar-refractivity contribution in [3.63, 3.8) is 0 Å². The zero-order valence-corrected chi connectivity index (χ0v) is 10.2. The van der Waals surface area contributed by atoms with Gasteiger partial charge in [-0.15, -0.1) is 0 Å². The van der Waals surface area contributed by atoms with Crippen LogP contribution in [0.15, 0.2) is 24.3 Å². The van der Waals surface area contributed by atoms with Crippen LogP contribution in [-0.2, 0) is 0 Å². The van der Waals surface area contributed by atoms with Crippen LogP contribution in [0.25, 0.3) is 0 Å². The first-order valence-corrected chi connectivity index (χ1v) is 5.98. The monoisotopic (exact) mass is 224 g/mol. The summed E-state index contributed by atoms with van der Waals surface area (Å²) in [7, 11) is 0. The minimum Gasteiger partial charge on any atom is -0.381 e. The molecule has 0 aliphatic heterocycles. The molecule has 0 aliphatic rings. The zero-order chi connectivity index (χ0) is 11.8. The molecule has 1 aromatic carbocycles. The summed E-state index contributed by atoms with van der Waals surface area (Å²) in [6, 6.07) is 6.79. The van der Waals surface area contributed by atoms with Crippen LogP contribution in [0.4, 0.5) is 10.1 Å². The molecule has 0 unspecified atom stereocenters. The molecule has 0 amide bonds. The summed E-state index contributed by atoms with van der Waals surface area (Å²) in [4.78, 5) is 2.36. The van der Waals surface area contributed by atoms with E-state index in [9.17, 15) is 4.39 Å². The Bertz CT molecular complexity index is 302.